The first kappa shape index (κ1) is 15.4. The zero-order valence-corrected chi connectivity index (χ0v) is 14.1. The summed E-state index contributed by atoms with van der Waals surface area (Å²) >= 11 is 6.17. The van der Waals surface area contributed by atoms with Crippen molar-refractivity contribution in [3.63, 3.8) is 0 Å². The van der Waals surface area contributed by atoms with Gasteiger partial charge in [-0.05, 0) is 30.2 Å². The third-order valence-electron chi connectivity index (χ3n) is 4.13. The number of aryl methyl sites for hydroxylation is 1. The highest BCUT2D eigenvalue weighted by Crippen LogP contribution is 2.33. The summed E-state index contributed by atoms with van der Waals surface area (Å²) < 4.78 is 0. The van der Waals surface area contributed by atoms with E-state index >= 15 is 0 Å². The summed E-state index contributed by atoms with van der Waals surface area (Å²) in [5.41, 5.74) is 5.97. The van der Waals surface area contributed by atoms with Crippen molar-refractivity contribution in [3.05, 3.63) is 53.1 Å². The van der Waals surface area contributed by atoms with Crippen LogP contribution in [0.3, 0.4) is 0 Å². The molecule has 0 aliphatic rings. The van der Waals surface area contributed by atoms with Crippen LogP contribution in [-0.4, -0.2) is 24.9 Å². The summed E-state index contributed by atoms with van der Waals surface area (Å²) in [6.07, 6.45) is 3.88. The van der Waals surface area contributed by atoms with Crippen LogP contribution in [0, 0.1) is 11.3 Å². The van der Waals surface area contributed by atoms with E-state index in [-0.39, 0.29) is 0 Å². The molecule has 0 unspecified atom stereocenters. The first-order valence-corrected chi connectivity index (χ1v) is 8.15. The maximum atomic E-state index is 9.59. The lowest BCUT2D eigenvalue weighted by atomic mass is 10.0. The third-order valence-corrected chi connectivity index (χ3v) is 4.37. The molecule has 0 aliphatic carbocycles. The number of hydrogen-bond acceptors (Lipinski definition) is 4. The lowest BCUT2D eigenvalue weighted by Gasteiger charge is -2.07. The van der Waals surface area contributed by atoms with Crippen molar-refractivity contribution in [2.75, 3.05) is 0 Å². The number of nitrogens with zero attached hydrogens (tertiary/aromatic N) is 4. The van der Waals surface area contributed by atoms with Crippen LogP contribution < -0.4 is 0 Å². The van der Waals surface area contributed by atoms with Crippen LogP contribution in [0.15, 0.2) is 36.9 Å². The Hall–Kier alpha value is -3.17. The average Bonchev–Trinajstić information content (AvgIpc) is 3.28. The Morgan fingerprint density at radius 3 is 2.88 bits per heavy atom. The third kappa shape index (κ3) is 2.55. The maximum Gasteiger partial charge on any atom is 0.161 e. The smallest absolute Gasteiger partial charge is 0.161 e. The average molecular weight is 349 g/mol. The Morgan fingerprint density at radius 2 is 2.08 bits per heavy atom. The minimum absolute atomic E-state index is 0.536. The Morgan fingerprint density at radius 1 is 1.20 bits per heavy atom. The van der Waals surface area contributed by atoms with Crippen molar-refractivity contribution in [2.24, 2.45) is 0 Å². The van der Waals surface area contributed by atoms with Crippen LogP contribution in [0.4, 0.5) is 0 Å². The molecule has 0 fully saturated rings. The van der Waals surface area contributed by atoms with E-state index < -0.39 is 0 Å². The summed E-state index contributed by atoms with van der Waals surface area (Å²) in [7, 11) is 0. The Labute approximate surface area is 148 Å². The summed E-state index contributed by atoms with van der Waals surface area (Å²) in [5, 5.41) is 10.2. The van der Waals surface area contributed by atoms with Gasteiger partial charge in [0.2, 0.25) is 0 Å². The summed E-state index contributed by atoms with van der Waals surface area (Å²) in [4.78, 5) is 19.0. The number of nitriles is 1. The fourth-order valence-corrected chi connectivity index (χ4v) is 3.11. The Balaban J connectivity index is 1.94. The number of rotatable bonds is 3. The standard InChI is InChI=1S/C18H13ClN6/c1-2-10-3-4-12(19)6-13(10)15-11(7-20)5-14(25-15)16-17-18(23-8-21-16)24-9-22-17/h3-6,8-9,25H,2H2,1H3,(H,21,22,23,24). The van der Waals surface area contributed by atoms with Crippen molar-refractivity contribution in [2.45, 2.75) is 13.3 Å². The molecule has 0 spiro atoms. The number of hydrogen-bond donors (Lipinski definition) is 2. The number of benzene rings is 1. The highest BCUT2D eigenvalue weighted by atomic mass is 35.5. The molecule has 0 aliphatic heterocycles. The van der Waals surface area contributed by atoms with E-state index in [0.717, 1.165) is 23.2 Å². The number of H-pyrrole nitrogens is 2. The molecule has 122 valence electrons. The van der Waals surface area contributed by atoms with Gasteiger partial charge in [0.05, 0.1) is 23.3 Å². The van der Waals surface area contributed by atoms with Gasteiger partial charge in [-0.3, -0.25) is 0 Å². The number of aromatic nitrogens is 5. The van der Waals surface area contributed by atoms with E-state index in [1.54, 1.807) is 12.4 Å². The van der Waals surface area contributed by atoms with Gasteiger partial charge in [0.15, 0.2) is 5.65 Å². The highest BCUT2D eigenvalue weighted by molar-refractivity contribution is 6.30. The zero-order valence-electron chi connectivity index (χ0n) is 13.3. The molecule has 0 amide bonds. The van der Waals surface area contributed by atoms with Gasteiger partial charge >= 0.3 is 0 Å². The number of nitrogens with one attached hydrogen (secondary N) is 2. The lowest BCUT2D eigenvalue weighted by molar-refractivity contribution is 1.14. The molecule has 25 heavy (non-hydrogen) atoms. The fraction of sp³-hybridized carbons (Fsp3) is 0.111. The molecule has 0 saturated carbocycles. The minimum Gasteiger partial charge on any atom is -0.352 e. The number of halogens is 1. The van der Waals surface area contributed by atoms with Crippen LogP contribution in [0.1, 0.15) is 18.1 Å². The largest absolute Gasteiger partial charge is 0.352 e. The van der Waals surface area contributed by atoms with Crippen LogP contribution in [-0.2, 0) is 6.42 Å². The molecule has 4 rings (SSSR count). The zero-order chi connectivity index (χ0) is 17.4. The molecule has 0 atom stereocenters. The van der Waals surface area contributed by atoms with Crippen LogP contribution in [0.25, 0.3) is 33.8 Å². The predicted molar refractivity (Wildman–Crippen MR) is 96.0 cm³/mol. The molecule has 6 nitrogen and oxygen atoms in total. The van der Waals surface area contributed by atoms with Gasteiger partial charge in [-0.2, -0.15) is 5.26 Å². The van der Waals surface area contributed by atoms with E-state index in [0.29, 0.717) is 33.1 Å². The van der Waals surface area contributed by atoms with Gasteiger partial charge in [0, 0.05) is 10.6 Å². The van der Waals surface area contributed by atoms with E-state index in [1.165, 1.54) is 6.33 Å². The van der Waals surface area contributed by atoms with Crippen molar-refractivity contribution in [3.8, 4) is 28.7 Å². The second-order valence-corrected chi connectivity index (χ2v) is 6.00. The van der Waals surface area contributed by atoms with E-state index in [2.05, 4.69) is 37.9 Å². The maximum absolute atomic E-state index is 9.59. The number of fused-ring (bicyclic) bond motifs is 1. The molecule has 3 heterocycles. The highest BCUT2D eigenvalue weighted by Gasteiger charge is 2.17. The number of imidazole rings is 1. The van der Waals surface area contributed by atoms with Crippen molar-refractivity contribution >= 4 is 22.8 Å². The molecular weight excluding hydrogens is 336 g/mol. The first-order chi connectivity index (χ1) is 12.2. The first-order valence-electron chi connectivity index (χ1n) is 7.77. The monoisotopic (exact) mass is 348 g/mol. The molecule has 0 saturated heterocycles. The molecule has 7 heteroatoms. The predicted octanol–water partition coefficient (Wildman–Crippen LogP) is 4.10. The van der Waals surface area contributed by atoms with Gasteiger partial charge in [-0.1, -0.05) is 24.6 Å². The summed E-state index contributed by atoms with van der Waals surface area (Å²) in [5.74, 6) is 0. The fourth-order valence-electron chi connectivity index (χ4n) is 2.93. The Kier molecular flexibility index (Phi) is 3.71. The van der Waals surface area contributed by atoms with Gasteiger partial charge < -0.3 is 9.97 Å². The van der Waals surface area contributed by atoms with E-state index in [1.807, 2.05) is 18.2 Å². The molecule has 2 N–H and O–H groups in total. The summed E-state index contributed by atoms with van der Waals surface area (Å²) in [6.45, 7) is 2.07. The molecule has 0 bridgehead atoms. The van der Waals surface area contributed by atoms with Gasteiger partial charge in [0.1, 0.15) is 23.6 Å². The topological polar surface area (TPSA) is 94.0 Å². The molecule has 3 aromatic heterocycles. The van der Waals surface area contributed by atoms with E-state index in [4.69, 9.17) is 11.6 Å². The SMILES string of the molecule is CCc1ccc(Cl)cc1-c1[nH]c(-c2ncnc3[nH]cnc23)cc1C#N. The van der Waals surface area contributed by atoms with Crippen LogP contribution >= 0.6 is 11.6 Å². The Bertz CT molecular complexity index is 1120. The summed E-state index contributed by atoms with van der Waals surface area (Å²) in [6, 6.07) is 9.75. The second kappa shape index (κ2) is 6.04. The lowest BCUT2D eigenvalue weighted by Crippen LogP contribution is -1.91. The molecule has 1 aromatic carbocycles. The van der Waals surface area contributed by atoms with Gasteiger partial charge in [-0.25, -0.2) is 15.0 Å². The number of aromatic amines is 2. The van der Waals surface area contributed by atoms with Crippen LogP contribution in [0.2, 0.25) is 5.02 Å². The van der Waals surface area contributed by atoms with Crippen molar-refractivity contribution in [1.82, 2.24) is 24.9 Å². The molecule has 0 radical (unpaired) electrons. The molecular formula is C18H13ClN6. The normalized spacial score (nSPS) is 10.9. The van der Waals surface area contributed by atoms with Crippen molar-refractivity contribution < 1.29 is 0 Å². The van der Waals surface area contributed by atoms with Gasteiger partial charge in [-0.15, -0.1) is 0 Å². The second-order valence-electron chi connectivity index (χ2n) is 5.56. The minimum atomic E-state index is 0.536. The van der Waals surface area contributed by atoms with Crippen molar-refractivity contribution in [1.29, 1.82) is 5.26 Å². The van der Waals surface area contributed by atoms with E-state index in [9.17, 15) is 5.26 Å². The van der Waals surface area contributed by atoms with Gasteiger partial charge in [0.25, 0.3) is 0 Å². The molecule has 4 aromatic rings. The van der Waals surface area contributed by atoms with Crippen LogP contribution in [0.5, 0.6) is 0 Å². The quantitative estimate of drug-likeness (QED) is 0.582.